The quantitative estimate of drug-likeness (QED) is 0.576. The van der Waals surface area contributed by atoms with Crippen LogP contribution in [-0.4, -0.2) is 50.1 Å². The fraction of sp³-hybridized carbons (Fsp3) is 0.400. The van der Waals surface area contributed by atoms with Gasteiger partial charge in [-0.2, -0.15) is 0 Å². The highest BCUT2D eigenvalue weighted by molar-refractivity contribution is 5.96. The number of aryl methyl sites for hydroxylation is 1. The number of carbonyl (C=O) groups is 1. The Bertz CT molecular complexity index is 925. The van der Waals surface area contributed by atoms with Gasteiger partial charge < -0.3 is 14.6 Å². The molecule has 1 fully saturated rings. The summed E-state index contributed by atoms with van der Waals surface area (Å²) in [5, 5.41) is 3.93. The van der Waals surface area contributed by atoms with Crippen molar-refractivity contribution in [2.24, 2.45) is 0 Å². The third kappa shape index (κ3) is 5.42. The van der Waals surface area contributed by atoms with Crippen molar-refractivity contribution in [2.75, 3.05) is 44.2 Å². The predicted molar refractivity (Wildman–Crippen MR) is 124 cm³/mol. The summed E-state index contributed by atoms with van der Waals surface area (Å²) in [5.41, 5.74) is 3.40. The first-order chi connectivity index (χ1) is 14.2. The summed E-state index contributed by atoms with van der Waals surface area (Å²) in [6.45, 7) is 8.26. The van der Waals surface area contributed by atoms with Gasteiger partial charge in [-0.1, -0.05) is 37.8 Å². The summed E-state index contributed by atoms with van der Waals surface area (Å²) in [4.78, 5) is 17.2. The summed E-state index contributed by atoms with van der Waals surface area (Å²) in [6, 6.07) is 18.2. The smallest absolute Gasteiger partial charge is 0.287 e. The van der Waals surface area contributed by atoms with E-state index >= 15 is 0 Å². The van der Waals surface area contributed by atoms with Crippen molar-refractivity contribution < 1.29 is 9.21 Å². The van der Waals surface area contributed by atoms with Crippen LogP contribution in [0.25, 0.3) is 11.0 Å². The average Bonchev–Trinajstić information content (AvgIpc) is 3.18. The Labute approximate surface area is 179 Å². The number of amides is 1. The number of fused-ring (bicyclic) bond motifs is 1. The number of unbranched alkanes of at least 4 members (excludes halogenated alkanes) is 1. The number of anilines is 1. The standard InChI is InChI=1S/C24H29N3O2.CH4/c1-19-7-6-9-21(17-19)27-15-13-26(14-16-27)12-5-4-11-25-24(28)23-18-20-8-2-3-10-22(20)29-23;/h2-3,6-10,17-18H,4-5,11-16H2,1H3,(H,25,28);1H4. The molecule has 1 aliphatic heterocycles. The van der Waals surface area contributed by atoms with Crippen molar-refractivity contribution in [3.05, 3.63) is 65.9 Å². The Hall–Kier alpha value is -2.79. The van der Waals surface area contributed by atoms with Crippen molar-refractivity contribution in [3.8, 4) is 0 Å². The molecule has 2 aromatic carbocycles. The number of piperazine rings is 1. The van der Waals surface area contributed by atoms with Crippen LogP contribution < -0.4 is 10.2 Å². The molecule has 0 spiro atoms. The molecule has 0 atom stereocenters. The molecule has 1 amide bonds. The fourth-order valence-corrected chi connectivity index (χ4v) is 3.90. The minimum atomic E-state index is -0.132. The van der Waals surface area contributed by atoms with Crippen LogP contribution in [0.2, 0.25) is 0 Å². The highest BCUT2D eigenvalue weighted by Crippen LogP contribution is 2.19. The molecule has 5 heteroatoms. The molecular weight excluding hydrogens is 374 g/mol. The maximum absolute atomic E-state index is 12.3. The normalized spacial score (nSPS) is 14.5. The molecule has 4 rings (SSSR count). The molecule has 5 nitrogen and oxygen atoms in total. The number of nitrogens with one attached hydrogen (secondary N) is 1. The molecule has 0 bridgehead atoms. The second-order valence-electron chi connectivity index (χ2n) is 7.78. The van der Waals surface area contributed by atoms with E-state index in [1.54, 1.807) is 6.07 Å². The van der Waals surface area contributed by atoms with Gasteiger partial charge in [0.1, 0.15) is 5.58 Å². The largest absolute Gasteiger partial charge is 0.451 e. The van der Waals surface area contributed by atoms with Crippen molar-refractivity contribution in [1.29, 1.82) is 0 Å². The number of carbonyl (C=O) groups excluding carboxylic acids is 1. The van der Waals surface area contributed by atoms with Crippen LogP contribution in [0.4, 0.5) is 5.69 Å². The Kier molecular flexibility index (Phi) is 7.52. The molecule has 160 valence electrons. The zero-order valence-corrected chi connectivity index (χ0v) is 17.1. The van der Waals surface area contributed by atoms with Gasteiger partial charge in [-0.3, -0.25) is 9.69 Å². The Balaban J connectivity index is 0.00000256. The zero-order chi connectivity index (χ0) is 20.1. The lowest BCUT2D eigenvalue weighted by molar-refractivity contribution is 0.0927. The molecule has 30 heavy (non-hydrogen) atoms. The SMILES string of the molecule is C.Cc1cccc(N2CCN(CCCCNC(=O)c3cc4ccccc4o3)CC2)c1. The highest BCUT2D eigenvalue weighted by Gasteiger charge is 2.17. The summed E-state index contributed by atoms with van der Waals surface area (Å²) in [7, 11) is 0. The molecule has 3 aromatic rings. The van der Waals surface area contributed by atoms with Crippen LogP contribution in [0.1, 0.15) is 36.4 Å². The molecule has 0 radical (unpaired) electrons. The van der Waals surface area contributed by atoms with E-state index in [4.69, 9.17) is 4.42 Å². The third-order valence-corrected chi connectivity index (χ3v) is 5.58. The lowest BCUT2D eigenvalue weighted by Gasteiger charge is -2.36. The van der Waals surface area contributed by atoms with Crippen LogP contribution in [-0.2, 0) is 0 Å². The molecule has 0 unspecified atom stereocenters. The van der Waals surface area contributed by atoms with E-state index in [9.17, 15) is 4.79 Å². The van der Waals surface area contributed by atoms with Gasteiger partial charge in [0.25, 0.3) is 5.91 Å². The van der Waals surface area contributed by atoms with E-state index in [0.717, 1.165) is 56.5 Å². The fourth-order valence-electron chi connectivity index (χ4n) is 3.90. The minimum Gasteiger partial charge on any atom is -0.451 e. The topological polar surface area (TPSA) is 48.7 Å². The van der Waals surface area contributed by atoms with Crippen molar-refractivity contribution >= 4 is 22.6 Å². The van der Waals surface area contributed by atoms with Crippen LogP contribution in [0.5, 0.6) is 0 Å². The number of hydrogen-bond acceptors (Lipinski definition) is 4. The Morgan fingerprint density at radius 2 is 1.80 bits per heavy atom. The van der Waals surface area contributed by atoms with Gasteiger partial charge in [0.2, 0.25) is 0 Å². The highest BCUT2D eigenvalue weighted by atomic mass is 16.3. The van der Waals surface area contributed by atoms with Gasteiger partial charge >= 0.3 is 0 Å². The second kappa shape index (κ2) is 10.3. The number of rotatable bonds is 7. The molecule has 2 heterocycles. The maximum atomic E-state index is 12.3. The van der Waals surface area contributed by atoms with Gasteiger partial charge in [0.05, 0.1) is 0 Å². The van der Waals surface area contributed by atoms with E-state index < -0.39 is 0 Å². The predicted octanol–water partition coefficient (Wildman–Crippen LogP) is 4.71. The van der Waals surface area contributed by atoms with E-state index in [1.165, 1.54) is 11.3 Å². The molecule has 1 saturated heterocycles. The molecule has 1 aliphatic rings. The first kappa shape index (κ1) is 21.9. The number of nitrogens with zero attached hydrogens (tertiary/aromatic N) is 2. The number of benzene rings is 2. The van der Waals surface area contributed by atoms with Crippen LogP contribution in [0.3, 0.4) is 0 Å². The molecule has 0 saturated carbocycles. The van der Waals surface area contributed by atoms with Gasteiger partial charge in [0.15, 0.2) is 5.76 Å². The van der Waals surface area contributed by atoms with Gasteiger partial charge in [-0.25, -0.2) is 0 Å². The van der Waals surface area contributed by atoms with Gasteiger partial charge in [-0.15, -0.1) is 0 Å². The van der Waals surface area contributed by atoms with Gasteiger partial charge in [-0.05, 0) is 56.1 Å². The number of hydrogen-bond donors (Lipinski definition) is 1. The van der Waals surface area contributed by atoms with Crippen LogP contribution in [0, 0.1) is 6.92 Å². The molecular formula is C25H33N3O2. The lowest BCUT2D eigenvalue weighted by atomic mass is 10.2. The third-order valence-electron chi connectivity index (χ3n) is 5.58. The van der Waals surface area contributed by atoms with E-state index in [1.807, 2.05) is 24.3 Å². The monoisotopic (exact) mass is 407 g/mol. The van der Waals surface area contributed by atoms with E-state index in [2.05, 4.69) is 46.3 Å². The summed E-state index contributed by atoms with van der Waals surface area (Å²) in [6.07, 6.45) is 2.06. The Morgan fingerprint density at radius 3 is 2.57 bits per heavy atom. The summed E-state index contributed by atoms with van der Waals surface area (Å²) >= 11 is 0. The molecule has 1 N–H and O–H groups in total. The van der Waals surface area contributed by atoms with Crippen molar-refractivity contribution in [2.45, 2.75) is 27.2 Å². The van der Waals surface area contributed by atoms with Crippen molar-refractivity contribution in [1.82, 2.24) is 10.2 Å². The number of para-hydroxylation sites is 1. The first-order valence-electron chi connectivity index (χ1n) is 10.5. The minimum absolute atomic E-state index is 0. The van der Waals surface area contributed by atoms with Crippen molar-refractivity contribution in [3.63, 3.8) is 0 Å². The number of furan rings is 1. The first-order valence-corrected chi connectivity index (χ1v) is 10.5. The molecule has 1 aromatic heterocycles. The van der Waals surface area contributed by atoms with E-state index in [0.29, 0.717) is 12.3 Å². The second-order valence-corrected chi connectivity index (χ2v) is 7.78. The lowest BCUT2D eigenvalue weighted by Crippen LogP contribution is -2.46. The van der Waals surface area contributed by atoms with Crippen LogP contribution >= 0.6 is 0 Å². The maximum Gasteiger partial charge on any atom is 0.287 e. The van der Waals surface area contributed by atoms with Crippen LogP contribution in [0.15, 0.2) is 59.0 Å². The van der Waals surface area contributed by atoms with E-state index in [-0.39, 0.29) is 13.3 Å². The van der Waals surface area contributed by atoms with Gasteiger partial charge in [0, 0.05) is 43.8 Å². The Morgan fingerprint density at radius 1 is 1.00 bits per heavy atom. The zero-order valence-electron chi connectivity index (χ0n) is 17.1. The summed E-state index contributed by atoms with van der Waals surface area (Å²) < 4.78 is 5.61. The summed E-state index contributed by atoms with van der Waals surface area (Å²) in [5.74, 6) is 0.256. The average molecular weight is 408 g/mol. The molecule has 0 aliphatic carbocycles.